The maximum Gasteiger partial charge on any atom is 0.159 e. The van der Waals surface area contributed by atoms with E-state index >= 15 is 0 Å². The van der Waals surface area contributed by atoms with Gasteiger partial charge in [0.25, 0.3) is 0 Å². The first-order valence-corrected chi connectivity index (χ1v) is 6.48. The molecule has 0 bridgehead atoms. The van der Waals surface area contributed by atoms with Crippen LogP contribution in [-0.4, -0.2) is 31.0 Å². The number of halogens is 2. The molecule has 1 aliphatic heterocycles. The summed E-state index contributed by atoms with van der Waals surface area (Å²) in [6.07, 6.45) is 2.13. The molecule has 1 heterocycles. The van der Waals surface area contributed by atoms with Gasteiger partial charge in [-0.15, -0.1) is 0 Å². The quantitative estimate of drug-likeness (QED) is 0.860. The van der Waals surface area contributed by atoms with Crippen LogP contribution in [-0.2, 0) is 10.3 Å². The molecule has 1 saturated heterocycles. The van der Waals surface area contributed by atoms with Crippen LogP contribution in [0.4, 0.5) is 8.78 Å². The topological polar surface area (TPSA) is 41.5 Å². The minimum Gasteiger partial charge on any atom is -0.394 e. The summed E-state index contributed by atoms with van der Waals surface area (Å²) in [7, 11) is 0. The van der Waals surface area contributed by atoms with E-state index in [4.69, 9.17) is 4.74 Å². The highest BCUT2D eigenvalue weighted by Gasteiger charge is 2.28. The monoisotopic (exact) mass is 271 g/mol. The predicted molar refractivity (Wildman–Crippen MR) is 67.8 cm³/mol. The highest BCUT2D eigenvalue weighted by atomic mass is 19.2. The second-order valence-electron chi connectivity index (χ2n) is 5.14. The minimum absolute atomic E-state index is 0.121. The Morgan fingerprint density at radius 2 is 2.21 bits per heavy atom. The van der Waals surface area contributed by atoms with Gasteiger partial charge in [0.15, 0.2) is 11.6 Å². The van der Waals surface area contributed by atoms with Crippen LogP contribution in [0.15, 0.2) is 18.2 Å². The maximum atomic E-state index is 13.3. The van der Waals surface area contributed by atoms with E-state index < -0.39 is 17.2 Å². The summed E-state index contributed by atoms with van der Waals surface area (Å²) < 4.78 is 31.7. The molecule has 1 aliphatic rings. The Morgan fingerprint density at radius 1 is 1.42 bits per heavy atom. The van der Waals surface area contributed by atoms with Crippen molar-refractivity contribution in [2.45, 2.75) is 31.4 Å². The normalized spacial score (nSPS) is 22.4. The van der Waals surface area contributed by atoms with Gasteiger partial charge in [-0.3, -0.25) is 0 Å². The fraction of sp³-hybridized carbons (Fsp3) is 0.571. The van der Waals surface area contributed by atoms with Crippen molar-refractivity contribution in [2.75, 3.05) is 19.8 Å². The smallest absolute Gasteiger partial charge is 0.159 e. The van der Waals surface area contributed by atoms with E-state index in [2.05, 4.69) is 5.32 Å². The van der Waals surface area contributed by atoms with E-state index in [9.17, 15) is 13.9 Å². The number of hydrogen-bond donors (Lipinski definition) is 2. The molecule has 2 rings (SSSR count). The molecule has 19 heavy (non-hydrogen) atoms. The third-order valence-electron chi connectivity index (χ3n) is 3.62. The lowest BCUT2D eigenvalue weighted by molar-refractivity contribution is 0.0909. The molecule has 0 aromatic heterocycles. The Kier molecular flexibility index (Phi) is 4.50. The molecule has 0 amide bonds. The Hall–Kier alpha value is -1.04. The molecule has 106 valence electrons. The zero-order valence-electron chi connectivity index (χ0n) is 11.0. The van der Waals surface area contributed by atoms with Crippen LogP contribution >= 0.6 is 0 Å². The molecule has 2 atom stereocenters. The summed E-state index contributed by atoms with van der Waals surface area (Å²) in [5, 5.41) is 12.7. The average molecular weight is 271 g/mol. The van der Waals surface area contributed by atoms with Crippen LogP contribution in [0.25, 0.3) is 0 Å². The van der Waals surface area contributed by atoms with E-state index in [1.54, 1.807) is 6.92 Å². The van der Waals surface area contributed by atoms with Crippen molar-refractivity contribution in [1.29, 1.82) is 0 Å². The first kappa shape index (κ1) is 14.4. The molecule has 0 aliphatic carbocycles. The van der Waals surface area contributed by atoms with Gasteiger partial charge in [-0.1, -0.05) is 6.07 Å². The molecule has 2 N–H and O–H groups in total. The second kappa shape index (κ2) is 5.94. The maximum absolute atomic E-state index is 13.3. The van der Waals surface area contributed by atoms with E-state index in [-0.39, 0.29) is 12.7 Å². The van der Waals surface area contributed by atoms with E-state index in [0.717, 1.165) is 31.6 Å². The largest absolute Gasteiger partial charge is 0.394 e. The van der Waals surface area contributed by atoms with Crippen LogP contribution in [0.5, 0.6) is 0 Å². The molecular weight excluding hydrogens is 252 g/mol. The molecule has 2 unspecified atom stereocenters. The SMILES string of the molecule is CC(CO)(NCC1CCCO1)c1ccc(F)c(F)c1. The van der Waals surface area contributed by atoms with Gasteiger partial charge in [-0.2, -0.15) is 0 Å². The fourth-order valence-corrected chi connectivity index (χ4v) is 2.23. The standard InChI is InChI=1S/C14H19F2NO2/c1-14(9-18,17-8-11-3-2-6-19-11)10-4-5-12(15)13(16)7-10/h4-5,7,11,17-18H,2-3,6,8-9H2,1H3. The minimum atomic E-state index is -0.906. The van der Waals surface area contributed by atoms with Crippen molar-refractivity contribution < 1.29 is 18.6 Å². The van der Waals surface area contributed by atoms with Crippen molar-refractivity contribution in [3.63, 3.8) is 0 Å². The van der Waals surface area contributed by atoms with Gasteiger partial charge in [-0.25, -0.2) is 8.78 Å². The van der Waals surface area contributed by atoms with Gasteiger partial charge in [0, 0.05) is 13.2 Å². The van der Waals surface area contributed by atoms with E-state index in [1.807, 2.05) is 0 Å². The van der Waals surface area contributed by atoms with Gasteiger partial charge < -0.3 is 15.2 Å². The van der Waals surface area contributed by atoms with Crippen LogP contribution < -0.4 is 5.32 Å². The summed E-state index contributed by atoms with van der Waals surface area (Å²) in [6.45, 7) is 2.89. The third-order valence-corrected chi connectivity index (χ3v) is 3.62. The first-order valence-electron chi connectivity index (χ1n) is 6.48. The summed E-state index contributed by atoms with van der Waals surface area (Å²) in [5.41, 5.74) is -0.285. The van der Waals surface area contributed by atoms with Crippen molar-refractivity contribution in [1.82, 2.24) is 5.32 Å². The third kappa shape index (κ3) is 3.29. The van der Waals surface area contributed by atoms with Crippen molar-refractivity contribution in [3.05, 3.63) is 35.4 Å². The lowest BCUT2D eigenvalue weighted by Gasteiger charge is -2.30. The van der Waals surface area contributed by atoms with E-state index in [0.29, 0.717) is 12.1 Å². The lowest BCUT2D eigenvalue weighted by atomic mass is 9.92. The summed E-state index contributed by atoms with van der Waals surface area (Å²) in [6, 6.07) is 3.68. The Bertz CT molecular complexity index is 435. The number of benzene rings is 1. The van der Waals surface area contributed by atoms with Crippen LogP contribution in [0.1, 0.15) is 25.3 Å². The summed E-state index contributed by atoms with van der Waals surface area (Å²) in [4.78, 5) is 0. The highest BCUT2D eigenvalue weighted by molar-refractivity contribution is 5.25. The number of aliphatic hydroxyl groups excluding tert-OH is 1. The molecule has 0 spiro atoms. The Morgan fingerprint density at radius 3 is 2.79 bits per heavy atom. The molecule has 0 saturated carbocycles. The van der Waals surface area contributed by atoms with Gasteiger partial charge in [0.1, 0.15) is 0 Å². The number of hydrogen-bond acceptors (Lipinski definition) is 3. The molecule has 1 aromatic carbocycles. The fourth-order valence-electron chi connectivity index (χ4n) is 2.23. The second-order valence-corrected chi connectivity index (χ2v) is 5.14. The number of ether oxygens (including phenoxy) is 1. The molecule has 0 radical (unpaired) electrons. The van der Waals surface area contributed by atoms with Gasteiger partial charge >= 0.3 is 0 Å². The predicted octanol–water partition coefficient (Wildman–Crippen LogP) is 1.94. The van der Waals surface area contributed by atoms with Crippen molar-refractivity contribution >= 4 is 0 Å². The van der Waals surface area contributed by atoms with Crippen molar-refractivity contribution in [2.24, 2.45) is 0 Å². The molecule has 1 aromatic rings. The molecular formula is C14H19F2NO2. The van der Waals surface area contributed by atoms with E-state index in [1.165, 1.54) is 6.07 Å². The van der Waals surface area contributed by atoms with Gasteiger partial charge in [-0.05, 0) is 37.5 Å². The van der Waals surface area contributed by atoms with Crippen LogP contribution in [0, 0.1) is 11.6 Å². The molecule has 3 nitrogen and oxygen atoms in total. The highest BCUT2D eigenvalue weighted by Crippen LogP contribution is 2.23. The summed E-state index contributed by atoms with van der Waals surface area (Å²) >= 11 is 0. The first-order chi connectivity index (χ1) is 9.05. The summed E-state index contributed by atoms with van der Waals surface area (Å²) in [5.74, 6) is -1.79. The number of aliphatic hydroxyl groups is 1. The molecule has 5 heteroatoms. The zero-order valence-corrected chi connectivity index (χ0v) is 11.0. The number of nitrogens with one attached hydrogen (secondary N) is 1. The van der Waals surface area contributed by atoms with Crippen LogP contribution in [0.2, 0.25) is 0 Å². The molecule has 1 fully saturated rings. The zero-order chi connectivity index (χ0) is 13.9. The van der Waals surface area contributed by atoms with Gasteiger partial charge in [0.2, 0.25) is 0 Å². The Labute approximate surface area is 111 Å². The lowest BCUT2D eigenvalue weighted by Crippen LogP contribution is -2.46. The number of rotatable bonds is 5. The van der Waals surface area contributed by atoms with Crippen LogP contribution in [0.3, 0.4) is 0 Å². The average Bonchev–Trinajstić information content (AvgIpc) is 2.92. The van der Waals surface area contributed by atoms with Crippen molar-refractivity contribution in [3.8, 4) is 0 Å². The van der Waals surface area contributed by atoms with Gasteiger partial charge in [0.05, 0.1) is 18.2 Å². The Balaban J connectivity index is 2.08.